The maximum atomic E-state index is 12.2. The van der Waals surface area contributed by atoms with Gasteiger partial charge in [0.05, 0.1) is 12.8 Å². The first-order chi connectivity index (χ1) is 10.0. The number of hydrogen-bond donors (Lipinski definition) is 3. The van der Waals surface area contributed by atoms with E-state index < -0.39 is 16.1 Å². The van der Waals surface area contributed by atoms with Crippen molar-refractivity contribution in [2.45, 2.75) is 30.8 Å². The van der Waals surface area contributed by atoms with Crippen LogP contribution in [0.2, 0.25) is 0 Å². The Morgan fingerprint density at radius 1 is 1.33 bits per heavy atom. The normalized spacial score (nSPS) is 13.2. The van der Waals surface area contributed by atoms with Gasteiger partial charge in [0.2, 0.25) is 0 Å². The van der Waals surface area contributed by atoms with E-state index in [4.69, 9.17) is 0 Å². The zero-order chi connectivity index (χ0) is 15.3. The summed E-state index contributed by atoms with van der Waals surface area (Å²) in [7, 11) is -3.71. The second-order valence-corrected chi connectivity index (χ2v) is 6.42. The molecule has 0 aliphatic carbocycles. The topological polar surface area (TPSA) is 95.1 Å². The number of hydrogen-bond acceptors (Lipinski definition) is 4. The number of aryl methyl sites for hydroxylation is 1. The Kier molecular flexibility index (Phi) is 5.11. The van der Waals surface area contributed by atoms with E-state index in [0.717, 1.165) is 5.56 Å². The average Bonchev–Trinajstić information content (AvgIpc) is 2.97. The van der Waals surface area contributed by atoms with E-state index in [1.165, 1.54) is 6.20 Å². The smallest absolute Gasteiger partial charge is 0.257 e. The highest BCUT2D eigenvalue weighted by molar-refractivity contribution is 7.89. The van der Waals surface area contributed by atoms with Crippen LogP contribution < -0.4 is 4.72 Å². The van der Waals surface area contributed by atoms with E-state index in [9.17, 15) is 13.5 Å². The average molecular weight is 309 g/mol. The number of aromatic amines is 1. The molecular weight excluding hydrogens is 290 g/mol. The molecule has 1 heterocycles. The van der Waals surface area contributed by atoms with E-state index in [1.54, 1.807) is 0 Å². The monoisotopic (exact) mass is 309 g/mol. The van der Waals surface area contributed by atoms with Gasteiger partial charge >= 0.3 is 0 Å². The minimum Gasteiger partial charge on any atom is -0.395 e. The third-order valence-corrected chi connectivity index (χ3v) is 4.53. The van der Waals surface area contributed by atoms with Crippen molar-refractivity contribution in [2.75, 3.05) is 6.61 Å². The number of aliphatic hydroxyl groups is 1. The molecular formula is C14H19N3O3S. The summed E-state index contributed by atoms with van der Waals surface area (Å²) < 4.78 is 27.0. The molecule has 0 fully saturated rings. The molecule has 0 spiro atoms. The van der Waals surface area contributed by atoms with Gasteiger partial charge in [-0.1, -0.05) is 37.3 Å². The molecule has 7 heteroatoms. The summed E-state index contributed by atoms with van der Waals surface area (Å²) in [6.45, 7) is 1.61. The van der Waals surface area contributed by atoms with Crippen LogP contribution in [-0.2, 0) is 22.9 Å². The quantitative estimate of drug-likeness (QED) is 0.707. The summed E-state index contributed by atoms with van der Waals surface area (Å²) >= 11 is 0. The van der Waals surface area contributed by atoms with Gasteiger partial charge in [-0.3, -0.25) is 0 Å². The summed E-state index contributed by atoms with van der Waals surface area (Å²) in [5.41, 5.74) is 0.957. The molecule has 1 aromatic carbocycles. The van der Waals surface area contributed by atoms with Crippen molar-refractivity contribution in [1.82, 2.24) is 14.7 Å². The van der Waals surface area contributed by atoms with Crippen molar-refractivity contribution >= 4 is 10.0 Å². The first kappa shape index (κ1) is 15.7. The lowest BCUT2D eigenvalue weighted by Crippen LogP contribution is -2.39. The molecule has 3 N–H and O–H groups in total. The Morgan fingerprint density at radius 2 is 2.05 bits per heavy atom. The fourth-order valence-corrected chi connectivity index (χ4v) is 3.15. The maximum Gasteiger partial charge on any atom is 0.257 e. The van der Waals surface area contributed by atoms with Crippen molar-refractivity contribution < 1.29 is 13.5 Å². The molecule has 6 nitrogen and oxygen atoms in total. The van der Waals surface area contributed by atoms with Crippen LogP contribution in [0.1, 0.15) is 18.3 Å². The highest BCUT2D eigenvalue weighted by Crippen LogP contribution is 2.09. The first-order valence-electron chi connectivity index (χ1n) is 6.76. The van der Waals surface area contributed by atoms with Crippen LogP contribution in [-0.4, -0.2) is 36.1 Å². The lowest BCUT2D eigenvalue weighted by atomic mass is 10.1. The fraction of sp³-hybridized carbons (Fsp3) is 0.357. The third-order valence-electron chi connectivity index (χ3n) is 3.10. The zero-order valence-electron chi connectivity index (χ0n) is 11.8. The van der Waals surface area contributed by atoms with Gasteiger partial charge in [-0.25, -0.2) is 18.1 Å². The molecule has 0 unspecified atom stereocenters. The van der Waals surface area contributed by atoms with Crippen molar-refractivity contribution in [3.8, 4) is 0 Å². The van der Waals surface area contributed by atoms with E-state index >= 15 is 0 Å². The lowest BCUT2D eigenvalue weighted by molar-refractivity contribution is 0.256. The van der Waals surface area contributed by atoms with Crippen LogP contribution in [0.4, 0.5) is 0 Å². The molecule has 0 saturated carbocycles. The SMILES string of the molecule is CCc1ncc(S(=O)(=O)N[C@@H](CO)Cc2ccccc2)[nH]1. The predicted octanol–water partition coefficient (Wildman–Crippen LogP) is 0.854. The zero-order valence-corrected chi connectivity index (χ0v) is 12.6. The molecule has 114 valence electrons. The van der Waals surface area contributed by atoms with Gasteiger partial charge in [0, 0.05) is 12.5 Å². The third kappa shape index (κ3) is 4.13. The van der Waals surface area contributed by atoms with Crippen LogP contribution in [0, 0.1) is 0 Å². The second-order valence-electron chi connectivity index (χ2n) is 4.74. The van der Waals surface area contributed by atoms with Gasteiger partial charge in [-0.15, -0.1) is 0 Å². The van der Waals surface area contributed by atoms with Crippen molar-refractivity contribution in [2.24, 2.45) is 0 Å². The molecule has 0 radical (unpaired) electrons. The number of aliphatic hydroxyl groups excluding tert-OH is 1. The highest BCUT2D eigenvalue weighted by atomic mass is 32.2. The highest BCUT2D eigenvalue weighted by Gasteiger charge is 2.21. The molecule has 0 bridgehead atoms. The molecule has 21 heavy (non-hydrogen) atoms. The minimum absolute atomic E-state index is 0.0193. The Bertz CT molecular complexity index is 668. The summed E-state index contributed by atoms with van der Waals surface area (Å²) in [5, 5.41) is 9.42. The van der Waals surface area contributed by atoms with E-state index in [-0.39, 0.29) is 11.6 Å². The summed E-state index contributed by atoms with van der Waals surface area (Å²) in [4.78, 5) is 6.73. The van der Waals surface area contributed by atoms with Gasteiger partial charge in [0.15, 0.2) is 5.03 Å². The number of aromatic nitrogens is 2. The van der Waals surface area contributed by atoms with Crippen LogP contribution in [0.15, 0.2) is 41.6 Å². The van der Waals surface area contributed by atoms with Crippen LogP contribution >= 0.6 is 0 Å². The van der Waals surface area contributed by atoms with E-state index in [1.807, 2.05) is 37.3 Å². The van der Waals surface area contributed by atoms with Crippen molar-refractivity contribution in [1.29, 1.82) is 0 Å². The van der Waals surface area contributed by atoms with Crippen molar-refractivity contribution in [3.63, 3.8) is 0 Å². The molecule has 0 saturated heterocycles. The van der Waals surface area contributed by atoms with Crippen LogP contribution in [0.5, 0.6) is 0 Å². The molecule has 1 atom stereocenters. The Balaban J connectivity index is 2.10. The van der Waals surface area contributed by atoms with Gasteiger partial charge in [0.1, 0.15) is 5.82 Å². The number of nitrogens with one attached hydrogen (secondary N) is 2. The maximum absolute atomic E-state index is 12.2. The number of imidazole rings is 1. The number of rotatable bonds is 7. The number of nitrogens with zero attached hydrogens (tertiary/aromatic N) is 1. The van der Waals surface area contributed by atoms with Crippen LogP contribution in [0.25, 0.3) is 0 Å². The van der Waals surface area contributed by atoms with E-state index in [0.29, 0.717) is 18.7 Å². The summed E-state index contributed by atoms with van der Waals surface area (Å²) in [5.74, 6) is 0.610. The molecule has 2 rings (SSSR count). The van der Waals surface area contributed by atoms with Gasteiger partial charge < -0.3 is 10.1 Å². The van der Waals surface area contributed by atoms with Gasteiger partial charge in [-0.05, 0) is 12.0 Å². The fourth-order valence-electron chi connectivity index (χ4n) is 1.98. The molecule has 1 aromatic heterocycles. The minimum atomic E-state index is -3.71. The van der Waals surface area contributed by atoms with Gasteiger partial charge in [-0.2, -0.15) is 0 Å². The molecule has 2 aromatic rings. The first-order valence-corrected chi connectivity index (χ1v) is 8.24. The van der Waals surface area contributed by atoms with Crippen molar-refractivity contribution in [3.05, 3.63) is 47.9 Å². The van der Waals surface area contributed by atoms with Gasteiger partial charge in [0.25, 0.3) is 10.0 Å². The number of benzene rings is 1. The predicted molar refractivity (Wildman–Crippen MR) is 79.3 cm³/mol. The molecule has 0 aliphatic rings. The van der Waals surface area contributed by atoms with Crippen LogP contribution in [0.3, 0.4) is 0 Å². The Labute approximate surface area is 124 Å². The standard InChI is InChI=1S/C14H19N3O3S/c1-2-13-15-9-14(16-13)21(19,20)17-12(10-18)8-11-6-4-3-5-7-11/h3-7,9,12,17-18H,2,8,10H2,1H3,(H,15,16)/t12-/m1/s1. The summed E-state index contributed by atoms with van der Waals surface area (Å²) in [6, 6.07) is 8.84. The van der Waals surface area contributed by atoms with E-state index in [2.05, 4.69) is 14.7 Å². The molecule has 0 amide bonds. The lowest BCUT2D eigenvalue weighted by Gasteiger charge is -2.15. The Hall–Kier alpha value is -1.70. The Morgan fingerprint density at radius 3 is 2.62 bits per heavy atom. The molecule has 0 aliphatic heterocycles. The second kappa shape index (κ2) is 6.84. The summed E-state index contributed by atoms with van der Waals surface area (Å²) in [6.07, 6.45) is 2.34. The number of H-pyrrole nitrogens is 1. The number of sulfonamides is 1. The largest absolute Gasteiger partial charge is 0.395 e.